The molecule has 0 fully saturated rings. The molecule has 0 amide bonds. The summed E-state index contributed by atoms with van der Waals surface area (Å²) >= 11 is 0. The zero-order chi connectivity index (χ0) is 16.7. The van der Waals surface area contributed by atoms with E-state index < -0.39 is 10.0 Å². The van der Waals surface area contributed by atoms with E-state index in [1.54, 1.807) is 16.7 Å². The highest BCUT2D eigenvalue weighted by Crippen LogP contribution is 2.25. The Hall–Kier alpha value is -1.93. The standard InChI is InChI=1S/C16H20N4O3S/c21-16-18-17-15-7-5-13(8-9-20(15)16)19-24(22,23)14-6-4-11-2-1-3-12(11)10-14/h4,6,10,13,19H,1-3,5,7-9H2,(H,18,21). The summed E-state index contributed by atoms with van der Waals surface area (Å²) in [5.41, 5.74) is 2.17. The first kappa shape index (κ1) is 15.6. The van der Waals surface area contributed by atoms with Gasteiger partial charge in [-0.15, -0.1) is 0 Å². The van der Waals surface area contributed by atoms with Gasteiger partial charge < -0.3 is 0 Å². The molecule has 4 rings (SSSR count). The largest absolute Gasteiger partial charge is 0.343 e. The number of hydrogen-bond acceptors (Lipinski definition) is 4. The minimum Gasteiger partial charge on any atom is -0.279 e. The molecule has 2 aromatic rings. The van der Waals surface area contributed by atoms with Gasteiger partial charge in [0.1, 0.15) is 5.82 Å². The van der Waals surface area contributed by atoms with Gasteiger partial charge in [0, 0.05) is 19.0 Å². The lowest BCUT2D eigenvalue weighted by atomic mass is 10.1. The van der Waals surface area contributed by atoms with Crippen LogP contribution in [0.2, 0.25) is 0 Å². The summed E-state index contributed by atoms with van der Waals surface area (Å²) < 4.78 is 29.8. The van der Waals surface area contributed by atoms with E-state index in [9.17, 15) is 13.2 Å². The lowest BCUT2D eigenvalue weighted by Gasteiger charge is -2.16. The summed E-state index contributed by atoms with van der Waals surface area (Å²) in [5.74, 6) is 0.694. The van der Waals surface area contributed by atoms with Crippen LogP contribution in [0.1, 0.15) is 36.2 Å². The van der Waals surface area contributed by atoms with Gasteiger partial charge in [-0.2, -0.15) is 5.10 Å². The first-order valence-electron chi connectivity index (χ1n) is 8.31. The quantitative estimate of drug-likeness (QED) is 0.855. The van der Waals surface area contributed by atoms with Crippen LogP contribution in [0.4, 0.5) is 0 Å². The topological polar surface area (TPSA) is 96.8 Å². The van der Waals surface area contributed by atoms with Gasteiger partial charge in [0.05, 0.1) is 4.90 Å². The van der Waals surface area contributed by atoms with E-state index in [1.165, 1.54) is 5.56 Å². The summed E-state index contributed by atoms with van der Waals surface area (Å²) in [5, 5.41) is 6.43. The van der Waals surface area contributed by atoms with Crippen LogP contribution in [0.3, 0.4) is 0 Å². The van der Waals surface area contributed by atoms with Gasteiger partial charge in [-0.25, -0.2) is 23.0 Å². The lowest BCUT2D eigenvalue weighted by Crippen LogP contribution is -2.35. The third kappa shape index (κ3) is 2.80. The van der Waals surface area contributed by atoms with E-state index in [2.05, 4.69) is 14.9 Å². The SMILES string of the molecule is O=c1[nH]nc2n1CCC(NS(=O)(=O)c1ccc3c(c1)CCC3)CC2. The molecule has 2 aliphatic rings. The van der Waals surface area contributed by atoms with Crippen molar-refractivity contribution in [3.63, 3.8) is 0 Å². The molecule has 0 radical (unpaired) electrons. The molecule has 1 aromatic heterocycles. The van der Waals surface area contributed by atoms with Crippen molar-refractivity contribution >= 4 is 10.0 Å². The Morgan fingerprint density at radius 3 is 2.88 bits per heavy atom. The van der Waals surface area contributed by atoms with Crippen molar-refractivity contribution in [2.45, 2.75) is 56.0 Å². The average Bonchev–Trinajstić information content (AvgIpc) is 3.10. The van der Waals surface area contributed by atoms with E-state index in [1.807, 2.05) is 6.07 Å². The third-order valence-corrected chi connectivity index (χ3v) is 6.48. The number of aromatic amines is 1. The average molecular weight is 348 g/mol. The fraction of sp³-hybridized carbons (Fsp3) is 0.500. The van der Waals surface area contributed by atoms with Crippen molar-refractivity contribution < 1.29 is 8.42 Å². The summed E-state index contributed by atoms with van der Waals surface area (Å²) in [7, 11) is -3.54. The van der Waals surface area contributed by atoms with E-state index in [-0.39, 0.29) is 11.7 Å². The number of rotatable bonds is 3. The molecule has 0 saturated carbocycles. The second-order valence-electron chi connectivity index (χ2n) is 6.53. The molecule has 24 heavy (non-hydrogen) atoms. The maximum Gasteiger partial charge on any atom is 0.343 e. The van der Waals surface area contributed by atoms with Gasteiger partial charge in [-0.05, 0) is 55.4 Å². The summed E-state index contributed by atoms with van der Waals surface area (Å²) in [6.45, 7) is 0.474. The fourth-order valence-corrected chi connectivity index (χ4v) is 4.98. The van der Waals surface area contributed by atoms with Crippen LogP contribution in [0, 0.1) is 0 Å². The van der Waals surface area contributed by atoms with Gasteiger partial charge in [-0.3, -0.25) is 4.57 Å². The number of nitrogens with zero attached hydrogens (tertiary/aromatic N) is 2. The summed E-state index contributed by atoms with van der Waals surface area (Å²) in [4.78, 5) is 12.0. The smallest absolute Gasteiger partial charge is 0.279 e. The molecule has 1 aliphatic carbocycles. The number of benzene rings is 1. The zero-order valence-corrected chi connectivity index (χ0v) is 14.1. The second kappa shape index (κ2) is 5.86. The molecule has 2 heterocycles. The van der Waals surface area contributed by atoms with Crippen LogP contribution in [0.15, 0.2) is 27.9 Å². The number of nitrogens with one attached hydrogen (secondary N) is 2. The number of sulfonamides is 1. The summed E-state index contributed by atoms with van der Waals surface area (Å²) in [6.07, 6.45) is 4.87. The number of aryl methyl sites for hydroxylation is 3. The first-order valence-corrected chi connectivity index (χ1v) is 9.79. The minimum atomic E-state index is -3.54. The van der Waals surface area contributed by atoms with Gasteiger partial charge in [-0.1, -0.05) is 6.07 Å². The van der Waals surface area contributed by atoms with Crippen molar-refractivity contribution in [2.24, 2.45) is 0 Å². The van der Waals surface area contributed by atoms with Gasteiger partial charge in [0.25, 0.3) is 0 Å². The number of hydrogen-bond donors (Lipinski definition) is 2. The Morgan fingerprint density at radius 2 is 2.00 bits per heavy atom. The highest BCUT2D eigenvalue weighted by atomic mass is 32.2. The van der Waals surface area contributed by atoms with Crippen LogP contribution in [0.5, 0.6) is 0 Å². The molecule has 1 aliphatic heterocycles. The first-order chi connectivity index (χ1) is 11.5. The summed E-state index contributed by atoms with van der Waals surface area (Å²) in [6, 6.07) is 5.24. The molecule has 1 atom stereocenters. The molecule has 128 valence electrons. The molecule has 7 nitrogen and oxygen atoms in total. The Bertz CT molecular complexity index is 929. The highest BCUT2D eigenvalue weighted by Gasteiger charge is 2.25. The molecule has 0 bridgehead atoms. The van der Waals surface area contributed by atoms with Crippen molar-refractivity contribution in [3.8, 4) is 0 Å². The minimum absolute atomic E-state index is 0.190. The monoisotopic (exact) mass is 348 g/mol. The van der Waals surface area contributed by atoms with Crippen molar-refractivity contribution in [3.05, 3.63) is 45.6 Å². The van der Waals surface area contributed by atoms with Crippen LogP contribution < -0.4 is 10.4 Å². The van der Waals surface area contributed by atoms with Crippen LogP contribution >= 0.6 is 0 Å². The van der Waals surface area contributed by atoms with E-state index >= 15 is 0 Å². The molecule has 1 aromatic carbocycles. The second-order valence-corrected chi connectivity index (χ2v) is 8.24. The highest BCUT2D eigenvalue weighted by molar-refractivity contribution is 7.89. The Kier molecular flexibility index (Phi) is 3.80. The van der Waals surface area contributed by atoms with Gasteiger partial charge >= 0.3 is 5.69 Å². The molecule has 1 unspecified atom stereocenters. The van der Waals surface area contributed by atoms with Crippen LogP contribution in [-0.2, 0) is 35.8 Å². The van der Waals surface area contributed by atoms with E-state index in [4.69, 9.17) is 0 Å². The molecular formula is C16H20N4O3S. The van der Waals surface area contributed by atoms with E-state index in [0.717, 1.165) is 24.8 Å². The number of aromatic nitrogens is 3. The Balaban J connectivity index is 1.51. The maximum absolute atomic E-state index is 12.7. The number of fused-ring (bicyclic) bond motifs is 2. The molecule has 8 heteroatoms. The van der Waals surface area contributed by atoms with E-state index in [0.29, 0.717) is 36.5 Å². The van der Waals surface area contributed by atoms with Crippen LogP contribution in [-0.4, -0.2) is 29.2 Å². The zero-order valence-electron chi connectivity index (χ0n) is 13.3. The van der Waals surface area contributed by atoms with Crippen molar-refractivity contribution in [1.82, 2.24) is 19.5 Å². The van der Waals surface area contributed by atoms with Crippen molar-refractivity contribution in [1.29, 1.82) is 0 Å². The lowest BCUT2D eigenvalue weighted by molar-refractivity contribution is 0.493. The molecular weight excluding hydrogens is 328 g/mol. The van der Waals surface area contributed by atoms with Crippen LogP contribution in [0.25, 0.3) is 0 Å². The van der Waals surface area contributed by atoms with Gasteiger partial charge in [0.2, 0.25) is 10.0 Å². The third-order valence-electron chi connectivity index (χ3n) is 4.96. The van der Waals surface area contributed by atoms with Gasteiger partial charge in [0.15, 0.2) is 0 Å². The molecule has 2 N–H and O–H groups in total. The molecule has 0 saturated heterocycles. The molecule has 0 spiro atoms. The Morgan fingerprint density at radius 1 is 1.17 bits per heavy atom. The Labute approximate surface area is 140 Å². The number of H-pyrrole nitrogens is 1. The van der Waals surface area contributed by atoms with Crippen molar-refractivity contribution in [2.75, 3.05) is 0 Å². The predicted octanol–water partition coefficient (Wildman–Crippen LogP) is 0.743. The normalized spacial score (nSPS) is 20.4. The predicted molar refractivity (Wildman–Crippen MR) is 88.4 cm³/mol. The maximum atomic E-state index is 12.7. The fourth-order valence-electron chi connectivity index (χ4n) is 3.63.